The third kappa shape index (κ3) is 1.37. The van der Waals surface area contributed by atoms with Crippen molar-refractivity contribution in [2.24, 2.45) is 5.73 Å². The van der Waals surface area contributed by atoms with E-state index in [1.165, 1.54) is 12.3 Å². The first-order valence-corrected chi connectivity index (χ1v) is 4.55. The molecule has 4 heteroatoms. The molecule has 2 rings (SSSR count). The van der Waals surface area contributed by atoms with Crippen molar-refractivity contribution in [3.63, 3.8) is 0 Å². The molecule has 0 aliphatic rings. The normalized spacial score (nSPS) is 11.1. The van der Waals surface area contributed by atoms with Crippen LogP contribution >= 0.6 is 0 Å². The van der Waals surface area contributed by atoms with Crippen molar-refractivity contribution >= 4 is 5.52 Å². The SMILES string of the molecule is Cc1nc(CCN)n2cc(F)ccc12. The van der Waals surface area contributed by atoms with Crippen LogP contribution in [0.5, 0.6) is 0 Å². The largest absolute Gasteiger partial charge is 0.330 e. The van der Waals surface area contributed by atoms with Crippen molar-refractivity contribution in [2.45, 2.75) is 13.3 Å². The highest BCUT2D eigenvalue weighted by molar-refractivity contribution is 5.52. The first-order valence-electron chi connectivity index (χ1n) is 4.55. The zero-order valence-corrected chi connectivity index (χ0v) is 8.00. The summed E-state index contributed by atoms with van der Waals surface area (Å²) in [5, 5.41) is 0. The predicted molar refractivity (Wildman–Crippen MR) is 52.6 cm³/mol. The lowest BCUT2D eigenvalue weighted by Gasteiger charge is -1.98. The van der Waals surface area contributed by atoms with E-state index < -0.39 is 0 Å². The molecular formula is C10H12FN3. The van der Waals surface area contributed by atoms with Crippen molar-refractivity contribution in [3.8, 4) is 0 Å². The highest BCUT2D eigenvalue weighted by Gasteiger charge is 2.07. The maximum absolute atomic E-state index is 13.0. The van der Waals surface area contributed by atoms with Gasteiger partial charge in [-0.05, 0) is 25.6 Å². The summed E-state index contributed by atoms with van der Waals surface area (Å²) in [5.74, 6) is 0.563. The van der Waals surface area contributed by atoms with Gasteiger partial charge in [0.25, 0.3) is 0 Å². The molecule has 0 aromatic carbocycles. The lowest BCUT2D eigenvalue weighted by atomic mass is 10.3. The number of fused-ring (bicyclic) bond motifs is 1. The Hall–Kier alpha value is -1.42. The van der Waals surface area contributed by atoms with Gasteiger partial charge in [-0.1, -0.05) is 0 Å². The first kappa shape index (κ1) is 9.15. The third-order valence-electron chi connectivity index (χ3n) is 2.23. The fourth-order valence-corrected chi connectivity index (χ4v) is 1.59. The van der Waals surface area contributed by atoms with E-state index >= 15 is 0 Å². The molecule has 0 bridgehead atoms. The second-order valence-corrected chi connectivity index (χ2v) is 3.25. The third-order valence-corrected chi connectivity index (χ3v) is 2.23. The molecule has 14 heavy (non-hydrogen) atoms. The Morgan fingerprint density at radius 1 is 1.50 bits per heavy atom. The van der Waals surface area contributed by atoms with Gasteiger partial charge in [0.2, 0.25) is 0 Å². The van der Waals surface area contributed by atoms with Gasteiger partial charge in [0.15, 0.2) is 0 Å². The zero-order valence-electron chi connectivity index (χ0n) is 8.00. The van der Waals surface area contributed by atoms with Gasteiger partial charge >= 0.3 is 0 Å². The second kappa shape index (κ2) is 3.38. The summed E-state index contributed by atoms with van der Waals surface area (Å²) in [6.45, 7) is 2.43. The molecule has 0 saturated carbocycles. The summed E-state index contributed by atoms with van der Waals surface area (Å²) in [5.41, 5.74) is 7.30. The van der Waals surface area contributed by atoms with E-state index in [2.05, 4.69) is 4.98 Å². The van der Waals surface area contributed by atoms with Gasteiger partial charge < -0.3 is 10.1 Å². The zero-order chi connectivity index (χ0) is 10.1. The maximum Gasteiger partial charge on any atom is 0.139 e. The molecule has 2 N–H and O–H groups in total. The molecule has 0 amide bonds. The molecule has 0 unspecified atom stereocenters. The van der Waals surface area contributed by atoms with E-state index in [9.17, 15) is 4.39 Å². The summed E-state index contributed by atoms with van der Waals surface area (Å²) < 4.78 is 14.7. The number of aromatic nitrogens is 2. The topological polar surface area (TPSA) is 43.3 Å². The van der Waals surface area contributed by atoms with E-state index in [0.29, 0.717) is 13.0 Å². The Labute approximate surface area is 81.4 Å². The molecule has 74 valence electrons. The van der Waals surface area contributed by atoms with Gasteiger partial charge in [0.05, 0.1) is 11.2 Å². The quantitative estimate of drug-likeness (QED) is 0.780. The monoisotopic (exact) mass is 193 g/mol. The van der Waals surface area contributed by atoms with Gasteiger partial charge in [0, 0.05) is 12.6 Å². The summed E-state index contributed by atoms with van der Waals surface area (Å²) in [6, 6.07) is 3.17. The summed E-state index contributed by atoms with van der Waals surface area (Å²) in [6.07, 6.45) is 2.11. The van der Waals surface area contributed by atoms with Crippen molar-refractivity contribution in [2.75, 3.05) is 6.54 Å². The number of pyridine rings is 1. The van der Waals surface area contributed by atoms with Crippen LogP contribution in [-0.2, 0) is 6.42 Å². The number of nitrogens with two attached hydrogens (primary N) is 1. The van der Waals surface area contributed by atoms with Crippen molar-refractivity contribution < 1.29 is 4.39 Å². The fraction of sp³-hybridized carbons (Fsp3) is 0.300. The Kier molecular flexibility index (Phi) is 2.21. The first-order chi connectivity index (χ1) is 6.72. The molecule has 0 aliphatic heterocycles. The number of rotatable bonds is 2. The maximum atomic E-state index is 13.0. The van der Waals surface area contributed by atoms with Crippen LogP contribution in [0.4, 0.5) is 4.39 Å². The van der Waals surface area contributed by atoms with Gasteiger partial charge in [-0.3, -0.25) is 0 Å². The number of imidazole rings is 1. The smallest absolute Gasteiger partial charge is 0.139 e. The van der Waals surface area contributed by atoms with Crippen molar-refractivity contribution in [1.29, 1.82) is 0 Å². The molecule has 0 radical (unpaired) electrons. The summed E-state index contributed by atoms with van der Waals surface area (Å²) in [4.78, 5) is 4.34. The second-order valence-electron chi connectivity index (χ2n) is 3.25. The average Bonchev–Trinajstić information content (AvgIpc) is 2.44. The van der Waals surface area contributed by atoms with Gasteiger partial charge in [0.1, 0.15) is 11.6 Å². The van der Waals surface area contributed by atoms with Gasteiger partial charge in [-0.2, -0.15) is 0 Å². The standard InChI is InChI=1S/C10H12FN3/c1-7-9-3-2-8(11)6-14(9)10(13-7)4-5-12/h2-3,6H,4-5,12H2,1H3. The van der Waals surface area contributed by atoms with Crippen molar-refractivity contribution in [1.82, 2.24) is 9.38 Å². The van der Waals surface area contributed by atoms with Crippen molar-refractivity contribution in [3.05, 3.63) is 35.7 Å². The van der Waals surface area contributed by atoms with Gasteiger partial charge in [-0.25, -0.2) is 9.37 Å². The van der Waals surface area contributed by atoms with Crippen LogP contribution in [0.1, 0.15) is 11.5 Å². The van der Waals surface area contributed by atoms with Crippen LogP contribution < -0.4 is 5.73 Å². The fourth-order valence-electron chi connectivity index (χ4n) is 1.59. The lowest BCUT2D eigenvalue weighted by Crippen LogP contribution is -2.06. The molecular weight excluding hydrogens is 181 g/mol. The lowest BCUT2D eigenvalue weighted by molar-refractivity contribution is 0.617. The molecule has 2 aromatic heterocycles. The van der Waals surface area contributed by atoms with Crippen LogP contribution in [0, 0.1) is 12.7 Å². The Balaban J connectivity index is 2.66. The Morgan fingerprint density at radius 3 is 3.00 bits per heavy atom. The molecule has 0 saturated heterocycles. The van der Waals surface area contributed by atoms with Crippen LogP contribution in [0.25, 0.3) is 5.52 Å². The average molecular weight is 193 g/mol. The van der Waals surface area contributed by atoms with Crippen LogP contribution in [0.2, 0.25) is 0 Å². The highest BCUT2D eigenvalue weighted by Crippen LogP contribution is 2.13. The molecule has 2 heterocycles. The molecule has 0 aliphatic carbocycles. The van der Waals surface area contributed by atoms with E-state index in [4.69, 9.17) is 5.73 Å². The van der Waals surface area contributed by atoms with Crippen LogP contribution in [0.15, 0.2) is 18.3 Å². The number of halogens is 1. The summed E-state index contributed by atoms with van der Waals surface area (Å²) in [7, 11) is 0. The predicted octanol–water partition coefficient (Wildman–Crippen LogP) is 1.28. The Bertz CT molecular complexity index is 462. The minimum absolute atomic E-state index is 0.256. The van der Waals surface area contributed by atoms with Crippen LogP contribution in [0.3, 0.4) is 0 Å². The number of aryl methyl sites for hydroxylation is 1. The number of nitrogens with zero attached hydrogens (tertiary/aromatic N) is 2. The van der Waals surface area contributed by atoms with E-state index in [1.54, 1.807) is 10.5 Å². The Morgan fingerprint density at radius 2 is 2.29 bits per heavy atom. The number of hydrogen-bond donors (Lipinski definition) is 1. The minimum Gasteiger partial charge on any atom is -0.330 e. The van der Waals surface area contributed by atoms with E-state index in [0.717, 1.165) is 17.0 Å². The molecule has 0 spiro atoms. The number of hydrogen-bond acceptors (Lipinski definition) is 2. The van der Waals surface area contributed by atoms with Crippen LogP contribution in [-0.4, -0.2) is 15.9 Å². The minimum atomic E-state index is -0.256. The molecule has 2 aromatic rings. The molecule has 0 fully saturated rings. The van der Waals surface area contributed by atoms with E-state index in [-0.39, 0.29) is 5.82 Å². The highest BCUT2D eigenvalue weighted by atomic mass is 19.1. The van der Waals surface area contributed by atoms with E-state index in [1.807, 2.05) is 6.92 Å². The molecule has 3 nitrogen and oxygen atoms in total. The van der Waals surface area contributed by atoms with Gasteiger partial charge in [-0.15, -0.1) is 0 Å². The molecule has 0 atom stereocenters. The summed E-state index contributed by atoms with van der Waals surface area (Å²) >= 11 is 0.